The Labute approximate surface area is 114 Å². The van der Waals surface area contributed by atoms with Crippen molar-refractivity contribution in [2.45, 2.75) is 32.5 Å². The second kappa shape index (κ2) is 7.19. The first-order chi connectivity index (χ1) is 8.87. The van der Waals surface area contributed by atoms with Gasteiger partial charge in [-0.25, -0.2) is 0 Å². The van der Waals surface area contributed by atoms with E-state index in [-0.39, 0.29) is 12.7 Å². The SMILES string of the molecule is COCC(C)OCC(O)CN1CCC(C)(C(=O)O)C1. The van der Waals surface area contributed by atoms with Crippen molar-refractivity contribution in [3.63, 3.8) is 0 Å². The van der Waals surface area contributed by atoms with E-state index in [1.54, 1.807) is 14.0 Å². The largest absolute Gasteiger partial charge is 0.481 e. The lowest BCUT2D eigenvalue weighted by atomic mass is 9.90. The number of hydrogen-bond acceptors (Lipinski definition) is 5. The fourth-order valence-corrected chi connectivity index (χ4v) is 2.30. The zero-order valence-corrected chi connectivity index (χ0v) is 12.0. The van der Waals surface area contributed by atoms with E-state index in [1.807, 2.05) is 11.8 Å². The minimum absolute atomic E-state index is 0.0532. The van der Waals surface area contributed by atoms with Crippen LogP contribution in [0.2, 0.25) is 0 Å². The fourth-order valence-electron chi connectivity index (χ4n) is 2.30. The van der Waals surface area contributed by atoms with E-state index in [1.165, 1.54) is 0 Å². The number of methoxy groups -OCH3 is 1. The van der Waals surface area contributed by atoms with Crippen molar-refractivity contribution < 1.29 is 24.5 Å². The zero-order valence-electron chi connectivity index (χ0n) is 12.0. The summed E-state index contributed by atoms with van der Waals surface area (Å²) in [6.45, 7) is 5.99. The number of aliphatic hydroxyl groups is 1. The van der Waals surface area contributed by atoms with Crippen LogP contribution < -0.4 is 0 Å². The van der Waals surface area contributed by atoms with Crippen LogP contribution in [0.25, 0.3) is 0 Å². The van der Waals surface area contributed by atoms with Gasteiger partial charge in [0.05, 0.1) is 30.8 Å². The minimum atomic E-state index is -0.769. The van der Waals surface area contributed by atoms with Crippen molar-refractivity contribution in [2.24, 2.45) is 5.41 Å². The smallest absolute Gasteiger partial charge is 0.310 e. The second-order valence-corrected chi connectivity index (χ2v) is 5.60. The molecule has 1 heterocycles. The summed E-state index contributed by atoms with van der Waals surface area (Å²) in [4.78, 5) is 13.1. The maximum atomic E-state index is 11.1. The summed E-state index contributed by atoms with van der Waals surface area (Å²) in [5, 5.41) is 19.0. The average Bonchev–Trinajstić information content (AvgIpc) is 2.70. The molecule has 3 unspecified atom stereocenters. The molecule has 1 aliphatic rings. The number of ether oxygens (including phenoxy) is 2. The van der Waals surface area contributed by atoms with Crippen molar-refractivity contribution in [3.8, 4) is 0 Å². The highest BCUT2D eigenvalue weighted by atomic mass is 16.5. The van der Waals surface area contributed by atoms with Crippen LogP contribution in [0.1, 0.15) is 20.3 Å². The summed E-state index contributed by atoms with van der Waals surface area (Å²) >= 11 is 0. The molecule has 0 radical (unpaired) electrons. The van der Waals surface area contributed by atoms with Gasteiger partial charge in [0.1, 0.15) is 0 Å². The van der Waals surface area contributed by atoms with E-state index in [9.17, 15) is 9.90 Å². The Hall–Kier alpha value is -0.690. The number of likely N-dealkylation sites (tertiary alicyclic amines) is 1. The van der Waals surface area contributed by atoms with Crippen LogP contribution in [0.3, 0.4) is 0 Å². The third-order valence-electron chi connectivity index (χ3n) is 3.51. The van der Waals surface area contributed by atoms with Crippen molar-refractivity contribution in [1.29, 1.82) is 0 Å². The highest BCUT2D eigenvalue weighted by Gasteiger charge is 2.40. The number of aliphatic hydroxyl groups excluding tert-OH is 1. The molecule has 0 aromatic rings. The molecule has 0 aliphatic carbocycles. The van der Waals surface area contributed by atoms with Gasteiger partial charge in [-0.1, -0.05) is 0 Å². The monoisotopic (exact) mass is 275 g/mol. The summed E-state index contributed by atoms with van der Waals surface area (Å²) in [6.07, 6.45) is -0.0336. The lowest BCUT2D eigenvalue weighted by molar-refractivity contribution is -0.147. The van der Waals surface area contributed by atoms with Crippen LogP contribution in [0.15, 0.2) is 0 Å². The molecule has 0 aromatic carbocycles. The van der Waals surface area contributed by atoms with Crippen LogP contribution in [0, 0.1) is 5.41 Å². The van der Waals surface area contributed by atoms with Gasteiger partial charge in [-0.2, -0.15) is 0 Å². The Morgan fingerprint density at radius 1 is 1.47 bits per heavy atom. The van der Waals surface area contributed by atoms with Crippen molar-refractivity contribution in [1.82, 2.24) is 4.90 Å². The Bertz CT molecular complexity index is 299. The molecule has 3 atom stereocenters. The summed E-state index contributed by atoms with van der Waals surface area (Å²) in [6, 6.07) is 0. The number of rotatable bonds is 8. The maximum absolute atomic E-state index is 11.1. The summed E-state index contributed by atoms with van der Waals surface area (Å²) in [7, 11) is 1.60. The van der Waals surface area contributed by atoms with Gasteiger partial charge in [0, 0.05) is 20.2 Å². The maximum Gasteiger partial charge on any atom is 0.310 e. The van der Waals surface area contributed by atoms with Gasteiger partial charge in [-0.05, 0) is 26.8 Å². The van der Waals surface area contributed by atoms with Crippen molar-refractivity contribution in [2.75, 3.05) is 40.0 Å². The van der Waals surface area contributed by atoms with Gasteiger partial charge >= 0.3 is 5.97 Å². The van der Waals surface area contributed by atoms with Crippen LogP contribution in [0.5, 0.6) is 0 Å². The number of carbonyl (C=O) groups is 1. The fraction of sp³-hybridized carbons (Fsp3) is 0.923. The van der Waals surface area contributed by atoms with E-state index < -0.39 is 17.5 Å². The highest BCUT2D eigenvalue weighted by molar-refractivity contribution is 5.74. The molecular formula is C13H25NO5. The second-order valence-electron chi connectivity index (χ2n) is 5.60. The van der Waals surface area contributed by atoms with E-state index in [0.717, 1.165) is 0 Å². The number of carboxylic acid groups (broad SMARTS) is 1. The van der Waals surface area contributed by atoms with Crippen LogP contribution in [0.4, 0.5) is 0 Å². The standard InChI is InChI=1S/C13H25NO5/c1-10(7-18-3)19-8-11(15)6-14-5-4-13(2,9-14)12(16)17/h10-11,15H,4-9H2,1-3H3,(H,16,17). The van der Waals surface area contributed by atoms with Gasteiger partial charge in [-0.15, -0.1) is 0 Å². The van der Waals surface area contributed by atoms with Crippen LogP contribution >= 0.6 is 0 Å². The van der Waals surface area contributed by atoms with Gasteiger partial charge in [-0.3, -0.25) is 9.69 Å². The number of aliphatic carboxylic acids is 1. The van der Waals surface area contributed by atoms with E-state index in [2.05, 4.69) is 0 Å². The lowest BCUT2D eigenvalue weighted by Crippen LogP contribution is -2.37. The molecular weight excluding hydrogens is 250 g/mol. The molecule has 19 heavy (non-hydrogen) atoms. The molecule has 6 heteroatoms. The van der Waals surface area contributed by atoms with Gasteiger partial charge in [0.25, 0.3) is 0 Å². The van der Waals surface area contributed by atoms with Crippen molar-refractivity contribution in [3.05, 3.63) is 0 Å². The summed E-state index contributed by atoms with van der Waals surface area (Å²) < 4.78 is 10.4. The summed E-state index contributed by atoms with van der Waals surface area (Å²) in [5.41, 5.74) is -0.691. The molecule has 0 saturated carbocycles. The number of nitrogens with zero attached hydrogens (tertiary/aromatic N) is 1. The molecule has 112 valence electrons. The third kappa shape index (κ3) is 5.06. The van der Waals surface area contributed by atoms with E-state index >= 15 is 0 Å². The molecule has 1 fully saturated rings. The molecule has 6 nitrogen and oxygen atoms in total. The minimum Gasteiger partial charge on any atom is -0.481 e. The predicted molar refractivity (Wildman–Crippen MR) is 70.1 cm³/mol. The van der Waals surface area contributed by atoms with Crippen molar-refractivity contribution >= 4 is 5.97 Å². The molecule has 1 saturated heterocycles. The summed E-state index contributed by atoms with van der Waals surface area (Å²) in [5.74, 6) is -0.769. The topological polar surface area (TPSA) is 79.2 Å². The highest BCUT2D eigenvalue weighted by Crippen LogP contribution is 2.29. The molecule has 0 bridgehead atoms. The van der Waals surface area contributed by atoms with Gasteiger partial charge < -0.3 is 19.7 Å². The molecule has 0 aromatic heterocycles. The third-order valence-corrected chi connectivity index (χ3v) is 3.51. The molecule has 1 aliphatic heterocycles. The van der Waals surface area contributed by atoms with Gasteiger partial charge in [0.15, 0.2) is 0 Å². The normalized spacial score (nSPS) is 27.4. The number of hydrogen-bond donors (Lipinski definition) is 2. The van der Waals surface area contributed by atoms with E-state index in [4.69, 9.17) is 14.6 Å². The first-order valence-corrected chi connectivity index (χ1v) is 6.62. The molecule has 0 amide bonds. The lowest BCUT2D eigenvalue weighted by Gasteiger charge is -2.23. The molecule has 2 N–H and O–H groups in total. The van der Waals surface area contributed by atoms with Crippen LogP contribution in [-0.2, 0) is 14.3 Å². The Kier molecular flexibility index (Phi) is 6.19. The predicted octanol–water partition coefficient (Wildman–Crippen LogP) is 0.195. The Morgan fingerprint density at radius 3 is 2.68 bits per heavy atom. The Balaban J connectivity index is 2.27. The quantitative estimate of drug-likeness (QED) is 0.658. The van der Waals surface area contributed by atoms with Gasteiger partial charge in [0.2, 0.25) is 0 Å². The Morgan fingerprint density at radius 2 is 2.16 bits per heavy atom. The van der Waals surface area contributed by atoms with E-state index in [0.29, 0.717) is 32.7 Å². The average molecular weight is 275 g/mol. The molecule has 0 spiro atoms. The number of β-amino-alcohol motifs (C(OH)–C–C–N with tert-alkyl or cyclic N) is 1. The van der Waals surface area contributed by atoms with Crippen LogP contribution in [-0.4, -0.2) is 73.2 Å². The number of carboxylic acids is 1. The first-order valence-electron chi connectivity index (χ1n) is 6.62. The molecule has 1 rings (SSSR count). The first kappa shape index (κ1) is 16.4. The zero-order chi connectivity index (χ0) is 14.5.